The SMILES string of the molecule is CC(=O)Nc1cc(Br)cc2c1N(C(=O)CCc1ccccn1)CC2. The van der Waals surface area contributed by atoms with Gasteiger partial charge in [-0.2, -0.15) is 0 Å². The second-order valence-electron chi connectivity index (χ2n) is 5.76. The van der Waals surface area contributed by atoms with Gasteiger partial charge in [0.1, 0.15) is 0 Å². The Morgan fingerprint density at radius 1 is 1.33 bits per heavy atom. The fourth-order valence-electron chi connectivity index (χ4n) is 2.96. The summed E-state index contributed by atoms with van der Waals surface area (Å²) in [6.07, 6.45) is 3.53. The molecule has 0 spiro atoms. The summed E-state index contributed by atoms with van der Waals surface area (Å²) in [6, 6.07) is 9.55. The van der Waals surface area contributed by atoms with Crippen molar-refractivity contribution < 1.29 is 9.59 Å². The van der Waals surface area contributed by atoms with Crippen LogP contribution in [0.5, 0.6) is 0 Å². The number of nitrogens with zero attached hydrogens (tertiary/aromatic N) is 2. The van der Waals surface area contributed by atoms with E-state index in [1.54, 1.807) is 11.1 Å². The van der Waals surface area contributed by atoms with E-state index < -0.39 is 0 Å². The maximum atomic E-state index is 12.7. The summed E-state index contributed by atoms with van der Waals surface area (Å²) in [5.74, 6) is -0.101. The lowest BCUT2D eigenvalue weighted by atomic mass is 10.1. The highest BCUT2D eigenvalue weighted by atomic mass is 79.9. The Balaban J connectivity index is 1.80. The number of aromatic nitrogens is 1. The number of carbonyl (C=O) groups is 2. The summed E-state index contributed by atoms with van der Waals surface area (Å²) in [7, 11) is 0. The number of halogens is 1. The lowest BCUT2D eigenvalue weighted by molar-refractivity contribution is -0.118. The molecule has 1 aromatic heterocycles. The number of carbonyl (C=O) groups excluding carboxylic acids is 2. The van der Waals surface area contributed by atoms with Crippen LogP contribution in [-0.2, 0) is 22.4 Å². The summed E-state index contributed by atoms with van der Waals surface area (Å²) in [5, 5.41) is 2.83. The second-order valence-corrected chi connectivity index (χ2v) is 6.67. The molecule has 3 rings (SSSR count). The summed E-state index contributed by atoms with van der Waals surface area (Å²) in [4.78, 5) is 30.2. The van der Waals surface area contributed by atoms with Crippen molar-refractivity contribution in [2.24, 2.45) is 0 Å². The molecular weight excluding hydrogens is 370 g/mol. The van der Waals surface area contributed by atoms with Gasteiger partial charge < -0.3 is 10.2 Å². The van der Waals surface area contributed by atoms with Crippen molar-refractivity contribution in [1.82, 2.24) is 4.98 Å². The van der Waals surface area contributed by atoms with Gasteiger partial charge in [-0.25, -0.2) is 0 Å². The standard InChI is InChI=1S/C18H18BrN3O2/c1-12(23)21-16-11-14(19)10-13-7-9-22(18(13)16)17(24)6-5-15-4-2-3-8-20-15/h2-4,8,10-11H,5-7,9H2,1H3,(H,21,23). The number of amides is 2. The minimum atomic E-state index is -0.150. The molecule has 0 atom stereocenters. The van der Waals surface area contributed by atoms with Crippen molar-refractivity contribution in [3.63, 3.8) is 0 Å². The highest BCUT2D eigenvalue weighted by Gasteiger charge is 2.28. The van der Waals surface area contributed by atoms with Crippen LogP contribution < -0.4 is 10.2 Å². The van der Waals surface area contributed by atoms with Gasteiger partial charge in [-0.3, -0.25) is 14.6 Å². The van der Waals surface area contributed by atoms with Gasteiger partial charge in [0.25, 0.3) is 0 Å². The number of hydrogen-bond acceptors (Lipinski definition) is 3. The summed E-state index contributed by atoms with van der Waals surface area (Å²) >= 11 is 3.46. The van der Waals surface area contributed by atoms with E-state index in [0.29, 0.717) is 25.1 Å². The first kappa shape index (κ1) is 16.6. The topological polar surface area (TPSA) is 62.3 Å². The number of nitrogens with one attached hydrogen (secondary N) is 1. The van der Waals surface area contributed by atoms with Gasteiger partial charge in [0.05, 0.1) is 11.4 Å². The Hall–Kier alpha value is -2.21. The predicted molar refractivity (Wildman–Crippen MR) is 97.1 cm³/mol. The minimum absolute atomic E-state index is 0.0494. The van der Waals surface area contributed by atoms with Gasteiger partial charge in [0, 0.05) is 36.3 Å². The highest BCUT2D eigenvalue weighted by Crippen LogP contribution is 2.38. The molecule has 6 heteroatoms. The smallest absolute Gasteiger partial charge is 0.227 e. The van der Waals surface area contributed by atoms with Crippen LogP contribution >= 0.6 is 15.9 Å². The molecule has 2 amide bonds. The number of rotatable bonds is 4. The van der Waals surface area contributed by atoms with E-state index in [1.165, 1.54) is 6.92 Å². The first-order chi connectivity index (χ1) is 11.5. The van der Waals surface area contributed by atoms with Crippen LogP contribution in [0.3, 0.4) is 0 Å². The van der Waals surface area contributed by atoms with Gasteiger partial charge >= 0.3 is 0 Å². The molecule has 0 fully saturated rings. The molecule has 5 nitrogen and oxygen atoms in total. The quantitative estimate of drug-likeness (QED) is 0.874. The second kappa shape index (κ2) is 7.13. The lowest BCUT2D eigenvalue weighted by Gasteiger charge is -2.21. The fraction of sp³-hybridized carbons (Fsp3) is 0.278. The molecule has 0 saturated carbocycles. The third-order valence-electron chi connectivity index (χ3n) is 3.96. The predicted octanol–water partition coefficient (Wildman–Crippen LogP) is 3.32. The normalized spacial score (nSPS) is 12.8. The Kier molecular flexibility index (Phi) is 4.94. The molecule has 0 unspecified atom stereocenters. The number of fused-ring (bicyclic) bond motifs is 1. The summed E-state index contributed by atoms with van der Waals surface area (Å²) in [6.45, 7) is 2.11. The van der Waals surface area contributed by atoms with E-state index in [9.17, 15) is 9.59 Å². The molecule has 24 heavy (non-hydrogen) atoms. The Morgan fingerprint density at radius 2 is 2.17 bits per heavy atom. The molecule has 1 aromatic carbocycles. The molecule has 124 valence electrons. The van der Waals surface area contributed by atoms with Crippen molar-refractivity contribution in [1.29, 1.82) is 0 Å². The summed E-state index contributed by atoms with van der Waals surface area (Å²) in [5.41, 5.74) is 3.47. The number of pyridine rings is 1. The third kappa shape index (κ3) is 3.64. The summed E-state index contributed by atoms with van der Waals surface area (Å²) < 4.78 is 0.896. The molecule has 1 aliphatic rings. The van der Waals surface area contributed by atoms with Gasteiger partial charge in [0.2, 0.25) is 11.8 Å². The average Bonchev–Trinajstić information content (AvgIpc) is 2.97. The van der Waals surface area contributed by atoms with E-state index in [4.69, 9.17) is 0 Å². The van der Waals surface area contributed by atoms with Crippen LogP contribution in [0, 0.1) is 0 Å². The van der Waals surface area contributed by atoms with Crippen molar-refractivity contribution >= 4 is 39.1 Å². The van der Waals surface area contributed by atoms with Crippen molar-refractivity contribution in [2.75, 3.05) is 16.8 Å². The van der Waals surface area contributed by atoms with Crippen LogP contribution in [0.15, 0.2) is 41.0 Å². The van der Waals surface area contributed by atoms with Crippen LogP contribution in [0.1, 0.15) is 24.6 Å². The molecule has 0 saturated heterocycles. The average molecular weight is 388 g/mol. The number of aryl methyl sites for hydroxylation is 1. The van der Waals surface area contributed by atoms with Crippen LogP contribution in [-0.4, -0.2) is 23.3 Å². The van der Waals surface area contributed by atoms with Crippen LogP contribution in [0.4, 0.5) is 11.4 Å². The molecular formula is C18H18BrN3O2. The Morgan fingerprint density at radius 3 is 2.88 bits per heavy atom. The van der Waals surface area contributed by atoms with E-state index in [0.717, 1.165) is 27.8 Å². The number of hydrogen-bond donors (Lipinski definition) is 1. The van der Waals surface area contributed by atoms with Gasteiger partial charge in [0.15, 0.2) is 0 Å². The first-order valence-electron chi connectivity index (χ1n) is 7.85. The van der Waals surface area contributed by atoms with Crippen LogP contribution in [0.25, 0.3) is 0 Å². The molecule has 0 radical (unpaired) electrons. The highest BCUT2D eigenvalue weighted by molar-refractivity contribution is 9.10. The number of benzene rings is 1. The molecule has 1 N–H and O–H groups in total. The molecule has 0 bridgehead atoms. The minimum Gasteiger partial charge on any atom is -0.324 e. The Bertz CT molecular complexity index is 777. The van der Waals surface area contributed by atoms with Crippen molar-refractivity contribution in [3.8, 4) is 0 Å². The maximum absolute atomic E-state index is 12.7. The van der Waals surface area contributed by atoms with E-state index in [2.05, 4.69) is 26.2 Å². The van der Waals surface area contributed by atoms with Crippen molar-refractivity contribution in [3.05, 3.63) is 52.3 Å². The fourth-order valence-corrected chi connectivity index (χ4v) is 3.46. The van der Waals surface area contributed by atoms with E-state index >= 15 is 0 Å². The molecule has 0 aliphatic carbocycles. The molecule has 1 aliphatic heterocycles. The largest absolute Gasteiger partial charge is 0.324 e. The Labute approximate surface area is 149 Å². The van der Waals surface area contributed by atoms with E-state index in [-0.39, 0.29) is 11.8 Å². The van der Waals surface area contributed by atoms with Gasteiger partial charge in [-0.15, -0.1) is 0 Å². The first-order valence-corrected chi connectivity index (χ1v) is 8.64. The van der Waals surface area contributed by atoms with Crippen molar-refractivity contribution in [2.45, 2.75) is 26.2 Å². The third-order valence-corrected chi connectivity index (χ3v) is 4.42. The maximum Gasteiger partial charge on any atom is 0.227 e. The number of anilines is 2. The van der Waals surface area contributed by atoms with Gasteiger partial charge in [-0.05, 0) is 42.7 Å². The lowest BCUT2D eigenvalue weighted by Crippen LogP contribution is -2.30. The molecule has 2 aromatic rings. The molecule has 2 heterocycles. The zero-order valence-corrected chi connectivity index (χ0v) is 15.0. The monoisotopic (exact) mass is 387 g/mol. The van der Waals surface area contributed by atoms with Crippen LogP contribution in [0.2, 0.25) is 0 Å². The van der Waals surface area contributed by atoms with E-state index in [1.807, 2.05) is 30.3 Å². The van der Waals surface area contributed by atoms with Gasteiger partial charge in [-0.1, -0.05) is 22.0 Å². The zero-order chi connectivity index (χ0) is 17.1. The zero-order valence-electron chi connectivity index (χ0n) is 13.4.